The number of aromatic nitrogens is 2. The average molecular weight is 718 g/mol. The molecule has 0 atom stereocenters. The highest BCUT2D eigenvalue weighted by Crippen LogP contribution is 2.51. The van der Waals surface area contributed by atoms with Gasteiger partial charge in [0, 0.05) is 56.2 Å². The van der Waals surface area contributed by atoms with Crippen LogP contribution in [0.25, 0.3) is 66.3 Å². The van der Waals surface area contributed by atoms with Crippen molar-refractivity contribution in [3.63, 3.8) is 0 Å². The third-order valence-electron chi connectivity index (χ3n) is 11.9. The van der Waals surface area contributed by atoms with Gasteiger partial charge in [-0.1, -0.05) is 123 Å². The second kappa shape index (κ2) is 12.5. The van der Waals surface area contributed by atoms with E-state index in [-0.39, 0.29) is 5.41 Å². The molecule has 0 radical (unpaired) electrons. The molecule has 266 valence electrons. The molecular formula is C53H39N3. The van der Waals surface area contributed by atoms with Crippen molar-refractivity contribution in [2.75, 3.05) is 4.90 Å². The largest absolute Gasteiger partial charge is 0.317 e. The predicted molar refractivity (Wildman–Crippen MR) is 235 cm³/mol. The number of hydrogen-bond donors (Lipinski definition) is 0. The minimum Gasteiger partial charge on any atom is -0.317 e. The summed E-state index contributed by atoms with van der Waals surface area (Å²) >= 11 is 0. The van der Waals surface area contributed by atoms with Crippen LogP contribution in [0, 0.1) is 0 Å². The van der Waals surface area contributed by atoms with Gasteiger partial charge < -0.3 is 14.0 Å². The van der Waals surface area contributed by atoms with E-state index in [0.29, 0.717) is 0 Å². The average Bonchev–Trinajstić information content (AvgIpc) is 3.90. The minimum atomic E-state index is -0.116. The Bertz CT molecular complexity index is 3080. The zero-order valence-corrected chi connectivity index (χ0v) is 31.4. The molecule has 2 aromatic heterocycles. The summed E-state index contributed by atoms with van der Waals surface area (Å²) < 4.78 is 4.72. The molecule has 0 fully saturated rings. The van der Waals surface area contributed by atoms with Crippen molar-refractivity contribution in [2.45, 2.75) is 19.3 Å². The summed E-state index contributed by atoms with van der Waals surface area (Å²) in [4.78, 5) is 2.44. The van der Waals surface area contributed by atoms with Crippen LogP contribution in [-0.4, -0.2) is 9.13 Å². The Hall–Kier alpha value is -7.10. The van der Waals surface area contributed by atoms with Gasteiger partial charge in [0.05, 0.1) is 16.6 Å². The molecule has 1 aliphatic rings. The third-order valence-corrected chi connectivity index (χ3v) is 11.9. The molecule has 0 unspecified atom stereocenters. The van der Waals surface area contributed by atoms with Crippen LogP contribution in [0.5, 0.6) is 0 Å². The SMILES string of the molecule is CC1(C)c2ccccc2-c2ccc(N(c3ccc(-c4ccccc4)cc3)c3ccc4c(c3)c3c5ccn(-c6ccccc6)c5ccc3n4-c3ccccc3)cc21. The summed E-state index contributed by atoms with van der Waals surface area (Å²) in [6.07, 6.45) is 2.21. The fraction of sp³-hybridized carbons (Fsp3) is 0.0566. The van der Waals surface area contributed by atoms with E-state index < -0.39 is 0 Å². The Labute approximate surface area is 327 Å². The number of rotatable bonds is 6. The lowest BCUT2D eigenvalue weighted by Gasteiger charge is -2.28. The molecule has 0 saturated heterocycles. The van der Waals surface area contributed by atoms with Crippen molar-refractivity contribution in [1.82, 2.24) is 9.13 Å². The van der Waals surface area contributed by atoms with E-state index >= 15 is 0 Å². The number of benzene rings is 8. The van der Waals surface area contributed by atoms with Gasteiger partial charge >= 0.3 is 0 Å². The van der Waals surface area contributed by atoms with Crippen LogP contribution >= 0.6 is 0 Å². The number of hydrogen-bond acceptors (Lipinski definition) is 1. The summed E-state index contributed by atoms with van der Waals surface area (Å²) in [6, 6.07) is 70.9. The van der Waals surface area contributed by atoms with Gasteiger partial charge in [-0.15, -0.1) is 0 Å². The molecule has 0 aliphatic heterocycles. The van der Waals surface area contributed by atoms with Crippen molar-refractivity contribution in [1.29, 1.82) is 0 Å². The van der Waals surface area contributed by atoms with Gasteiger partial charge in [0.15, 0.2) is 0 Å². The molecule has 1 aliphatic carbocycles. The van der Waals surface area contributed by atoms with E-state index in [4.69, 9.17) is 0 Å². The molecule has 0 N–H and O–H groups in total. The van der Waals surface area contributed by atoms with Crippen LogP contribution in [0.1, 0.15) is 25.0 Å². The third kappa shape index (κ3) is 4.91. The van der Waals surface area contributed by atoms with E-state index in [2.05, 4.69) is 228 Å². The van der Waals surface area contributed by atoms with Crippen LogP contribution in [0.4, 0.5) is 17.1 Å². The predicted octanol–water partition coefficient (Wildman–Crippen LogP) is 14.2. The molecule has 0 spiro atoms. The lowest BCUT2D eigenvalue weighted by atomic mass is 9.82. The molecule has 8 aromatic carbocycles. The highest BCUT2D eigenvalue weighted by atomic mass is 15.1. The van der Waals surface area contributed by atoms with Gasteiger partial charge in [-0.05, 0) is 118 Å². The molecule has 10 aromatic rings. The molecule has 0 saturated carbocycles. The maximum Gasteiger partial charge on any atom is 0.0548 e. The highest BCUT2D eigenvalue weighted by molar-refractivity contribution is 6.22. The molecule has 3 nitrogen and oxygen atoms in total. The molecule has 56 heavy (non-hydrogen) atoms. The Morgan fingerprint density at radius 2 is 0.982 bits per heavy atom. The first-order valence-electron chi connectivity index (χ1n) is 19.4. The van der Waals surface area contributed by atoms with E-state index in [0.717, 1.165) is 28.4 Å². The fourth-order valence-electron chi connectivity index (χ4n) is 9.24. The topological polar surface area (TPSA) is 13.1 Å². The van der Waals surface area contributed by atoms with Crippen LogP contribution < -0.4 is 4.90 Å². The smallest absolute Gasteiger partial charge is 0.0548 e. The van der Waals surface area contributed by atoms with Gasteiger partial charge in [-0.3, -0.25) is 0 Å². The maximum absolute atomic E-state index is 2.44. The maximum atomic E-state index is 2.44. The van der Waals surface area contributed by atoms with Crippen LogP contribution in [0.2, 0.25) is 0 Å². The van der Waals surface area contributed by atoms with Gasteiger partial charge in [-0.25, -0.2) is 0 Å². The van der Waals surface area contributed by atoms with Gasteiger partial charge in [0.2, 0.25) is 0 Å². The number of para-hydroxylation sites is 2. The molecule has 2 heterocycles. The van der Waals surface area contributed by atoms with E-state index in [1.165, 1.54) is 66.1 Å². The molecular weight excluding hydrogens is 679 g/mol. The number of nitrogens with zero attached hydrogens (tertiary/aromatic N) is 3. The standard InChI is InChI=1S/C53H39N3/c1-53(2)47-21-13-12-20-43(47)44-28-26-42(35-48(44)53)55(40-24-22-37(23-25-40)36-14-6-3-7-15-36)41-27-29-50-46(34-41)52-45-32-33-54(38-16-8-4-9-17-38)49(45)30-31-51(52)56(50)39-18-10-5-11-19-39/h3-35H,1-2H3. The van der Waals surface area contributed by atoms with Crippen LogP contribution in [-0.2, 0) is 5.41 Å². The second-order valence-electron chi connectivity index (χ2n) is 15.4. The zero-order valence-electron chi connectivity index (χ0n) is 31.4. The van der Waals surface area contributed by atoms with E-state index in [1.807, 2.05) is 0 Å². The number of anilines is 3. The first-order chi connectivity index (χ1) is 27.5. The Kier molecular flexibility index (Phi) is 7.20. The summed E-state index contributed by atoms with van der Waals surface area (Å²) in [5, 5.41) is 3.71. The van der Waals surface area contributed by atoms with E-state index in [9.17, 15) is 0 Å². The second-order valence-corrected chi connectivity index (χ2v) is 15.4. The first kappa shape index (κ1) is 32.3. The first-order valence-corrected chi connectivity index (χ1v) is 19.4. The van der Waals surface area contributed by atoms with Crippen molar-refractivity contribution in [3.05, 3.63) is 211 Å². The van der Waals surface area contributed by atoms with Crippen molar-refractivity contribution < 1.29 is 0 Å². The molecule has 0 bridgehead atoms. The summed E-state index contributed by atoms with van der Waals surface area (Å²) in [7, 11) is 0. The quantitative estimate of drug-likeness (QED) is 0.167. The monoisotopic (exact) mass is 717 g/mol. The zero-order chi connectivity index (χ0) is 37.4. The minimum absolute atomic E-state index is 0.116. The van der Waals surface area contributed by atoms with Crippen molar-refractivity contribution >= 4 is 49.8 Å². The molecule has 3 heteroatoms. The van der Waals surface area contributed by atoms with Crippen molar-refractivity contribution in [2.24, 2.45) is 0 Å². The summed E-state index contributed by atoms with van der Waals surface area (Å²) in [5.41, 5.74) is 16.9. The lowest BCUT2D eigenvalue weighted by Crippen LogP contribution is -2.16. The number of fused-ring (bicyclic) bond motifs is 8. The van der Waals surface area contributed by atoms with E-state index in [1.54, 1.807) is 0 Å². The molecule has 11 rings (SSSR count). The summed E-state index contributed by atoms with van der Waals surface area (Å²) in [5.74, 6) is 0. The van der Waals surface area contributed by atoms with Gasteiger partial charge in [0.25, 0.3) is 0 Å². The highest BCUT2D eigenvalue weighted by Gasteiger charge is 2.35. The van der Waals surface area contributed by atoms with Gasteiger partial charge in [0.1, 0.15) is 0 Å². The fourth-order valence-corrected chi connectivity index (χ4v) is 9.24. The summed E-state index contributed by atoms with van der Waals surface area (Å²) in [6.45, 7) is 4.72. The Balaban J connectivity index is 1.16. The normalized spacial score (nSPS) is 13.0. The lowest BCUT2D eigenvalue weighted by molar-refractivity contribution is 0.660. The Morgan fingerprint density at radius 1 is 0.411 bits per heavy atom. The van der Waals surface area contributed by atoms with Crippen LogP contribution in [0.15, 0.2) is 200 Å². The molecule has 0 amide bonds. The Morgan fingerprint density at radius 3 is 1.75 bits per heavy atom. The van der Waals surface area contributed by atoms with Gasteiger partial charge in [-0.2, -0.15) is 0 Å². The van der Waals surface area contributed by atoms with Crippen LogP contribution in [0.3, 0.4) is 0 Å². The van der Waals surface area contributed by atoms with Crippen molar-refractivity contribution in [3.8, 4) is 33.6 Å².